The number of halogens is 1. The summed E-state index contributed by atoms with van der Waals surface area (Å²) in [7, 11) is 0. The van der Waals surface area contributed by atoms with E-state index in [2.05, 4.69) is 24.2 Å². The molecule has 0 heterocycles. The Morgan fingerprint density at radius 2 is 2.07 bits per heavy atom. The lowest BCUT2D eigenvalue weighted by atomic mass is 10.4. The first-order valence-electron chi connectivity index (χ1n) is 4.91. The Bertz CT molecular complexity index is 138. The van der Waals surface area contributed by atoms with Crippen molar-refractivity contribution in [3.05, 3.63) is 0 Å². The number of aliphatic hydroxyl groups is 1. The molecule has 0 aromatic rings. The average molecular weight is 242 g/mol. The predicted molar refractivity (Wildman–Crippen MR) is 65.8 cm³/mol. The van der Waals surface area contributed by atoms with Crippen LogP contribution < -0.4 is 4.72 Å². The van der Waals surface area contributed by atoms with Crippen LogP contribution in [0.5, 0.6) is 0 Å². The molecule has 0 saturated heterocycles. The molecule has 1 unspecified atom stereocenters. The molecule has 0 aromatic heterocycles. The highest BCUT2D eigenvalue weighted by Crippen LogP contribution is 1.99. The molecule has 0 rings (SSSR count). The molecule has 0 aliphatic carbocycles. The maximum Gasteiger partial charge on any atom is 0.121 e. The van der Waals surface area contributed by atoms with E-state index in [4.69, 9.17) is 11.6 Å². The van der Waals surface area contributed by atoms with Crippen molar-refractivity contribution in [3.8, 4) is 0 Å². The standard InChI is InChI=1S/C9H22ClN2OS/c1-4-6-12(9(13)8-10)7-5-11-14(2)3/h9,11,13H,4-8H2,1-3H3/q+1. The number of alkyl halides is 1. The van der Waals surface area contributed by atoms with Gasteiger partial charge < -0.3 is 5.11 Å². The van der Waals surface area contributed by atoms with Crippen molar-refractivity contribution in [3.63, 3.8) is 0 Å². The van der Waals surface area contributed by atoms with Crippen LogP contribution in [-0.2, 0) is 11.1 Å². The third kappa shape index (κ3) is 6.90. The van der Waals surface area contributed by atoms with Gasteiger partial charge in [-0.05, 0) is 6.42 Å². The fourth-order valence-corrected chi connectivity index (χ4v) is 1.88. The highest BCUT2D eigenvalue weighted by Gasteiger charge is 2.13. The van der Waals surface area contributed by atoms with Crippen molar-refractivity contribution < 1.29 is 5.11 Å². The van der Waals surface area contributed by atoms with Gasteiger partial charge in [0.25, 0.3) is 0 Å². The monoisotopic (exact) mass is 241 g/mol. The second-order valence-electron chi connectivity index (χ2n) is 3.38. The first kappa shape index (κ1) is 14.5. The molecular formula is C9H22ClN2OS+. The van der Waals surface area contributed by atoms with Crippen molar-refractivity contribution in [2.45, 2.75) is 19.6 Å². The van der Waals surface area contributed by atoms with Gasteiger partial charge in [0.05, 0.1) is 23.5 Å². The molecule has 0 fully saturated rings. The Morgan fingerprint density at radius 3 is 2.50 bits per heavy atom. The number of rotatable bonds is 8. The zero-order valence-electron chi connectivity index (χ0n) is 9.29. The van der Waals surface area contributed by atoms with Gasteiger partial charge in [-0.3, -0.25) is 4.90 Å². The third-order valence-electron chi connectivity index (χ3n) is 1.86. The molecule has 0 aliphatic rings. The quantitative estimate of drug-likeness (QED) is 0.372. The summed E-state index contributed by atoms with van der Waals surface area (Å²) in [6, 6.07) is 0. The van der Waals surface area contributed by atoms with Gasteiger partial charge in [0, 0.05) is 13.1 Å². The normalized spacial score (nSPS) is 13.9. The van der Waals surface area contributed by atoms with E-state index in [9.17, 15) is 5.11 Å². The van der Waals surface area contributed by atoms with E-state index in [1.54, 1.807) is 0 Å². The van der Waals surface area contributed by atoms with E-state index in [0.29, 0.717) is 0 Å². The topological polar surface area (TPSA) is 35.5 Å². The lowest BCUT2D eigenvalue weighted by Gasteiger charge is -2.25. The Balaban J connectivity index is 3.72. The molecule has 3 nitrogen and oxygen atoms in total. The first-order valence-corrected chi connectivity index (χ1v) is 7.48. The summed E-state index contributed by atoms with van der Waals surface area (Å²) in [6.45, 7) is 4.76. The summed E-state index contributed by atoms with van der Waals surface area (Å²) in [5.41, 5.74) is 0. The van der Waals surface area contributed by atoms with E-state index >= 15 is 0 Å². The second-order valence-corrected chi connectivity index (χ2v) is 5.61. The van der Waals surface area contributed by atoms with Crippen LogP contribution in [0.2, 0.25) is 0 Å². The van der Waals surface area contributed by atoms with E-state index < -0.39 is 6.23 Å². The molecule has 1 atom stereocenters. The highest BCUT2D eigenvalue weighted by molar-refractivity contribution is 7.93. The summed E-state index contributed by atoms with van der Waals surface area (Å²) >= 11 is 5.87. The summed E-state index contributed by atoms with van der Waals surface area (Å²) in [6.07, 6.45) is 4.82. The van der Waals surface area contributed by atoms with Crippen LogP contribution in [0.1, 0.15) is 13.3 Å². The number of hydrogen-bond acceptors (Lipinski definition) is 3. The lowest BCUT2D eigenvalue weighted by molar-refractivity contribution is 0.0232. The maximum atomic E-state index is 9.58. The highest BCUT2D eigenvalue weighted by atomic mass is 35.5. The molecule has 86 valence electrons. The van der Waals surface area contributed by atoms with Gasteiger partial charge in [0.15, 0.2) is 0 Å². The van der Waals surface area contributed by atoms with E-state index in [0.717, 1.165) is 26.1 Å². The minimum Gasteiger partial charge on any atom is -0.377 e. The molecule has 14 heavy (non-hydrogen) atoms. The van der Waals surface area contributed by atoms with Gasteiger partial charge in [-0.15, -0.1) is 16.3 Å². The number of nitrogens with zero attached hydrogens (tertiary/aromatic N) is 1. The lowest BCUT2D eigenvalue weighted by Crippen LogP contribution is -2.42. The second kappa shape index (κ2) is 8.80. The minimum absolute atomic E-state index is 0.258. The molecule has 0 amide bonds. The van der Waals surface area contributed by atoms with Crippen LogP contribution in [0.15, 0.2) is 0 Å². The van der Waals surface area contributed by atoms with Crippen molar-refractivity contribution in [2.24, 2.45) is 0 Å². The zero-order valence-corrected chi connectivity index (χ0v) is 10.9. The molecule has 0 bridgehead atoms. The Morgan fingerprint density at radius 1 is 1.43 bits per heavy atom. The average Bonchev–Trinajstić information content (AvgIpc) is 2.15. The van der Waals surface area contributed by atoms with Crippen LogP contribution in [-0.4, -0.2) is 54.3 Å². The van der Waals surface area contributed by atoms with E-state index in [-0.39, 0.29) is 17.0 Å². The summed E-state index contributed by atoms with van der Waals surface area (Å²) < 4.78 is 3.35. The smallest absolute Gasteiger partial charge is 0.121 e. The maximum absolute atomic E-state index is 9.58. The van der Waals surface area contributed by atoms with Crippen LogP contribution in [0.4, 0.5) is 0 Å². The molecule has 0 spiro atoms. The molecule has 2 N–H and O–H groups in total. The number of hydrogen-bond donors (Lipinski definition) is 2. The summed E-state index contributed by atoms with van der Waals surface area (Å²) in [4.78, 5) is 2.01. The molecule has 0 saturated carbocycles. The zero-order chi connectivity index (χ0) is 11.0. The molecule has 5 heteroatoms. The van der Waals surface area contributed by atoms with Crippen molar-refractivity contribution in [1.29, 1.82) is 0 Å². The van der Waals surface area contributed by atoms with Gasteiger partial charge in [0.1, 0.15) is 18.7 Å². The van der Waals surface area contributed by atoms with Crippen LogP contribution >= 0.6 is 11.6 Å². The fourth-order valence-electron chi connectivity index (χ4n) is 1.19. The summed E-state index contributed by atoms with van der Waals surface area (Å²) in [5, 5.41) is 9.58. The Hall–Kier alpha value is 0.520. The van der Waals surface area contributed by atoms with E-state index in [1.807, 2.05) is 4.90 Å². The van der Waals surface area contributed by atoms with Gasteiger partial charge in [0.2, 0.25) is 0 Å². The van der Waals surface area contributed by atoms with Gasteiger partial charge in [-0.2, -0.15) is 0 Å². The van der Waals surface area contributed by atoms with E-state index in [1.165, 1.54) is 0 Å². The molecule has 0 radical (unpaired) electrons. The number of aliphatic hydroxyl groups excluding tert-OH is 1. The van der Waals surface area contributed by atoms with Gasteiger partial charge in [-0.25, -0.2) is 0 Å². The predicted octanol–water partition coefficient (Wildman–Crippen LogP) is 0.638. The Kier molecular flexibility index (Phi) is 9.13. The fraction of sp³-hybridized carbons (Fsp3) is 1.00. The minimum atomic E-state index is -0.506. The summed E-state index contributed by atoms with van der Waals surface area (Å²) in [5.74, 6) is 0.282. The van der Waals surface area contributed by atoms with Gasteiger partial charge >= 0.3 is 0 Å². The Labute approximate surface area is 95.3 Å². The van der Waals surface area contributed by atoms with Crippen LogP contribution in [0.25, 0.3) is 0 Å². The van der Waals surface area contributed by atoms with Crippen LogP contribution in [0, 0.1) is 0 Å². The van der Waals surface area contributed by atoms with Crippen molar-refractivity contribution in [1.82, 2.24) is 9.62 Å². The van der Waals surface area contributed by atoms with Crippen molar-refractivity contribution in [2.75, 3.05) is 38.0 Å². The number of nitrogens with one attached hydrogen (secondary N) is 1. The SMILES string of the molecule is CCCN(CCN[S+](C)C)C(O)CCl. The molecular weight excluding hydrogens is 220 g/mol. The largest absolute Gasteiger partial charge is 0.377 e. The first-order chi connectivity index (χ1) is 6.61. The third-order valence-corrected chi connectivity index (χ3v) is 2.92. The molecule has 0 aliphatic heterocycles. The van der Waals surface area contributed by atoms with Crippen molar-refractivity contribution >= 4 is 22.7 Å². The van der Waals surface area contributed by atoms with Crippen LogP contribution in [0.3, 0.4) is 0 Å². The van der Waals surface area contributed by atoms with Gasteiger partial charge in [-0.1, -0.05) is 6.92 Å². The molecule has 0 aromatic carbocycles.